The van der Waals surface area contributed by atoms with Crippen LogP contribution in [0.25, 0.3) is 0 Å². The Labute approximate surface area is 83.4 Å². The van der Waals surface area contributed by atoms with Crippen LogP contribution in [0.15, 0.2) is 6.20 Å². The lowest BCUT2D eigenvalue weighted by molar-refractivity contribution is -0.00779. The largest absolute Gasteiger partial charge is 0.390 e. The summed E-state index contributed by atoms with van der Waals surface area (Å²) in [6.45, 7) is 3.73. The molecule has 2 unspecified atom stereocenters. The zero-order chi connectivity index (χ0) is 10.7. The van der Waals surface area contributed by atoms with E-state index in [-0.39, 0.29) is 5.92 Å². The van der Waals surface area contributed by atoms with Gasteiger partial charge in [-0.1, -0.05) is 19.1 Å². The molecule has 0 fully saturated rings. The summed E-state index contributed by atoms with van der Waals surface area (Å²) in [6.07, 6.45) is 0.590. The fourth-order valence-electron chi connectivity index (χ4n) is 1.27. The van der Waals surface area contributed by atoms with Crippen LogP contribution >= 0.6 is 0 Å². The smallest absolute Gasteiger partial charge is 0.0858 e. The average Bonchev–Trinajstić information content (AvgIpc) is 2.49. The van der Waals surface area contributed by atoms with E-state index >= 15 is 0 Å². The molecule has 0 aliphatic rings. The number of aromatic nitrogens is 3. The van der Waals surface area contributed by atoms with Crippen LogP contribution in [0, 0.1) is 5.92 Å². The fraction of sp³-hybridized carbons (Fsp3) is 0.778. The van der Waals surface area contributed by atoms with E-state index in [4.69, 9.17) is 0 Å². The first-order valence-corrected chi connectivity index (χ1v) is 4.72. The normalized spacial score (nSPS) is 15.9. The summed E-state index contributed by atoms with van der Waals surface area (Å²) in [5, 5.41) is 26.8. The van der Waals surface area contributed by atoms with Crippen LogP contribution < -0.4 is 0 Å². The summed E-state index contributed by atoms with van der Waals surface area (Å²) in [6, 6.07) is 0. The van der Waals surface area contributed by atoms with Gasteiger partial charge >= 0.3 is 0 Å². The first-order chi connectivity index (χ1) is 6.50. The highest BCUT2D eigenvalue weighted by molar-refractivity contribution is 4.95. The van der Waals surface area contributed by atoms with Crippen molar-refractivity contribution in [3.05, 3.63) is 11.9 Å². The molecule has 1 heterocycles. The lowest BCUT2D eigenvalue weighted by Gasteiger charge is -2.19. The Bertz CT molecular complexity index is 285. The Morgan fingerprint density at radius 2 is 2.07 bits per heavy atom. The molecule has 2 N–H and O–H groups in total. The van der Waals surface area contributed by atoms with Crippen LogP contribution in [0.5, 0.6) is 0 Å². The van der Waals surface area contributed by atoms with Crippen molar-refractivity contribution in [1.29, 1.82) is 0 Å². The second kappa shape index (κ2) is 4.52. The monoisotopic (exact) mass is 199 g/mol. The SMILES string of the molecule is CC(C)C(O)C(O)Cc1cn(C)nn1. The molecule has 1 rings (SSSR count). The van der Waals surface area contributed by atoms with Crippen molar-refractivity contribution in [2.45, 2.75) is 32.5 Å². The number of nitrogens with zero attached hydrogens (tertiary/aromatic N) is 3. The summed E-state index contributed by atoms with van der Waals surface area (Å²) in [5.74, 6) is 0.0432. The van der Waals surface area contributed by atoms with Gasteiger partial charge in [-0.2, -0.15) is 0 Å². The van der Waals surface area contributed by atoms with Gasteiger partial charge < -0.3 is 10.2 Å². The van der Waals surface area contributed by atoms with Gasteiger partial charge in [0.25, 0.3) is 0 Å². The molecule has 0 radical (unpaired) electrons. The van der Waals surface area contributed by atoms with Gasteiger partial charge in [0, 0.05) is 19.7 Å². The van der Waals surface area contributed by atoms with Crippen LogP contribution in [0.3, 0.4) is 0 Å². The Morgan fingerprint density at radius 1 is 1.43 bits per heavy atom. The minimum Gasteiger partial charge on any atom is -0.390 e. The van der Waals surface area contributed by atoms with Crippen LogP contribution in [-0.4, -0.2) is 37.4 Å². The molecule has 1 aromatic heterocycles. The lowest BCUT2D eigenvalue weighted by atomic mass is 9.99. The highest BCUT2D eigenvalue weighted by Gasteiger charge is 2.20. The number of rotatable bonds is 4. The minimum absolute atomic E-state index is 0.0432. The Morgan fingerprint density at radius 3 is 2.50 bits per heavy atom. The Hall–Kier alpha value is -0.940. The number of hydrogen-bond donors (Lipinski definition) is 2. The average molecular weight is 199 g/mol. The molecule has 5 nitrogen and oxygen atoms in total. The van der Waals surface area contributed by atoms with Gasteiger partial charge in [0.2, 0.25) is 0 Å². The van der Waals surface area contributed by atoms with Gasteiger partial charge in [-0.05, 0) is 5.92 Å². The van der Waals surface area contributed by atoms with E-state index in [1.807, 2.05) is 13.8 Å². The zero-order valence-corrected chi connectivity index (χ0v) is 8.75. The van der Waals surface area contributed by atoms with E-state index in [0.717, 1.165) is 0 Å². The van der Waals surface area contributed by atoms with Crippen molar-refractivity contribution in [2.75, 3.05) is 0 Å². The summed E-state index contributed by atoms with van der Waals surface area (Å²) >= 11 is 0. The molecule has 2 atom stereocenters. The topological polar surface area (TPSA) is 71.2 Å². The maximum Gasteiger partial charge on any atom is 0.0858 e. The van der Waals surface area contributed by atoms with Gasteiger partial charge in [0.05, 0.1) is 17.9 Å². The Kier molecular flexibility index (Phi) is 3.60. The highest BCUT2D eigenvalue weighted by atomic mass is 16.3. The lowest BCUT2D eigenvalue weighted by Crippen LogP contribution is -2.32. The summed E-state index contributed by atoms with van der Waals surface area (Å²) in [7, 11) is 1.77. The number of aryl methyl sites for hydroxylation is 1. The van der Waals surface area contributed by atoms with Gasteiger partial charge in [-0.25, -0.2) is 0 Å². The van der Waals surface area contributed by atoms with Gasteiger partial charge in [-0.15, -0.1) is 5.10 Å². The molecule has 0 saturated heterocycles. The molecular formula is C9H17N3O2. The highest BCUT2D eigenvalue weighted by Crippen LogP contribution is 2.10. The van der Waals surface area contributed by atoms with Crippen molar-refractivity contribution >= 4 is 0 Å². The van der Waals surface area contributed by atoms with E-state index in [0.29, 0.717) is 12.1 Å². The predicted octanol–water partition coefficient (Wildman–Crippen LogP) is -0.265. The van der Waals surface area contributed by atoms with Crippen LogP contribution in [0.4, 0.5) is 0 Å². The molecule has 5 heteroatoms. The van der Waals surface area contributed by atoms with E-state index in [1.165, 1.54) is 0 Å². The van der Waals surface area contributed by atoms with Crippen LogP contribution in [-0.2, 0) is 13.5 Å². The van der Waals surface area contributed by atoms with Gasteiger partial charge in [0.15, 0.2) is 0 Å². The number of hydrogen-bond acceptors (Lipinski definition) is 4. The van der Waals surface area contributed by atoms with Crippen molar-refractivity contribution in [3.8, 4) is 0 Å². The van der Waals surface area contributed by atoms with Crippen molar-refractivity contribution in [3.63, 3.8) is 0 Å². The molecule has 0 saturated carbocycles. The molecule has 0 bridgehead atoms. The maximum absolute atomic E-state index is 9.62. The molecule has 14 heavy (non-hydrogen) atoms. The summed E-state index contributed by atoms with van der Waals surface area (Å²) < 4.78 is 1.57. The van der Waals surface area contributed by atoms with Gasteiger partial charge in [-0.3, -0.25) is 4.68 Å². The maximum atomic E-state index is 9.62. The Balaban J connectivity index is 2.52. The van der Waals surface area contributed by atoms with Crippen molar-refractivity contribution in [1.82, 2.24) is 15.0 Å². The van der Waals surface area contributed by atoms with E-state index in [9.17, 15) is 10.2 Å². The molecule has 0 aliphatic carbocycles. The van der Waals surface area contributed by atoms with Crippen LogP contribution in [0.1, 0.15) is 19.5 Å². The number of aliphatic hydroxyl groups is 2. The van der Waals surface area contributed by atoms with E-state index < -0.39 is 12.2 Å². The van der Waals surface area contributed by atoms with E-state index in [1.54, 1.807) is 17.9 Å². The molecule has 0 spiro atoms. The van der Waals surface area contributed by atoms with Gasteiger partial charge in [0.1, 0.15) is 0 Å². The molecule has 0 aliphatic heterocycles. The molecule has 80 valence electrons. The van der Waals surface area contributed by atoms with E-state index in [2.05, 4.69) is 10.3 Å². The molecule has 0 amide bonds. The quantitative estimate of drug-likeness (QED) is 0.700. The second-order valence-corrected chi connectivity index (χ2v) is 3.89. The third-order valence-electron chi connectivity index (χ3n) is 2.15. The van der Waals surface area contributed by atoms with Crippen molar-refractivity contribution < 1.29 is 10.2 Å². The summed E-state index contributed by atoms with van der Waals surface area (Å²) in [5.41, 5.74) is 0.694. The zero-order valence-electron chi connectivity index (χ0n) is 8.75. The first-order valence-electron chi connectivity index (χ1n) is 4.72. The summed E-state index contributed by atoms with van der Waals surface area (Å²) in [4.78, 5) is 0. The standard InChI is InChI=1S/C9H17N3O2/c1-6(2)9(14)8(13)4-7-5-12(3)11-10-7/h5-6,8-9,13-14H,4H2,1-3H3. The minimum atomic E-state index is -0.772. The van der Waals surface area contributed by atoms with Crippen LogP contribution in [0.2, 0.25) is 0 Å². The van der Waals surface area contributed by atoms with Crippen molar-refractivity contribution in [2.24, 2.45) is 13.0 Å². The fourth-order valence-corrected chi connectivity index (χ4v) is 1.27. The molecule has 0 aromatic carbocycles. The third kappa shape index (κ3) is 2.78. The second-order valence-electron chi connectivity index (χ2n) is 3.89. The predicted molar refractivity (Wildman–Crippen MR) is 51.6 cm³/mol. The first kappa shape index (κ1) is 11.1. The molecular weight excluding hydrogens is 182 g/mol. The molecule has 1 aromatic rings. The third-order valence-corrected chi connectivity index (χ3v) is 2.15. The number of aliphatic hydroxyl groups excluding tert-OH is 2.